The van der Waals surface area contributed by atoms with E-state index in [1.807, 2.05) is 18.3 Å². The Morgan fingerprint density at radius 3 is 2.39 bits per heavy atom. The summed E-state index contributed by atoms with van der Waals surface area (Å²) in [6.45, 7) is 3.72. The molecule has 2 aromatic rings. The number of piperazine rings is 1. The molecule has 1 N–H and O–H groups in total. The van der Waals surface area contributed by atoms with Crippen molar-refractivity contribution in [2.24, 2.45) is 5.92 Å². The number of anilines is 3. The summed E-state index contributed by atoms with van der Waals surface area (Å²) in [5, 5.41) is 2.90. The van der Waals surface area contributed by atoms with Crippen LogP contribution in [-0.4, -0.2) is 47.0 Å². The number of hydrogen-bond donors (Lipinski definition) is 1. The molecule has 1 aliphatic heterocycles. The van der Waals surface area contributed by atoms with Gasteiger partial charge in [-0.3, -0.25) is 4.79 Å². The van der Waals surface area contributed by atoms with Crippen molar-refractivity contribution < 1.29 is 4.79 Å². The van der Waals surface area contributed by atoms with Crippen LogP contribution < -0.4 is 15.1 Å². The second-order valence-electron chi connectivity index (χ2n) is 8.07. The molecule has 7 nitrogen and oxygen atoms in total. The van der Waals surface area contributed by atoms with Gasteiger partial charge in [0.25, 0.3) is 0 Å². The molecule has 2 aliphatic carbocycles. The molecular weight excluding hydrogens is 352 g/mol. The number of carbonyl (C=O) groups excluding carboxylic acids is 1. The van der Waals surface area contributed by atoms with Crippen molar-refractivity contribution in [2.45, 2.75) is 38.0 Å². The summed E-state index contributed by atoms with van der Waals surface area (Å²) in [4.78, 5) is 29.9. The predicted molar refractivity (Wildman–Crippen MR) is 109 cm³/mol. The summed E-state index contributed by atoms with van der Waals surface area (Å²) in [7, 11) is 0. The zero-order valence-corrected chi connectivity index (χ0v) is 16.0. The maximum atomic E-state index is 11.8. The summed E-state index contributed by atoms with van der Waals surface area (Å²) >= 11 is 0. The number of aromatic nitrogens is 3. The average Bonchev–Trinajstić information content (AvgIpc) is 3.53. The molecule has 146 valence electrons. The highest BCUT2D eigenvalue weighted by atomic mass is 16.2. The van der Waals surface area contributed by atoms with E-state index >= 15 is 0 Å². The minimum absolute atomic E-state index is 0.0972. The molecule has 7 heteroatoms. The molecule has 3 aliphatic rings. The van der Waals surface area contributed by atoms with Crippen molar-refractivity contribution in [2.75, 3.05) is 41.3 Å². The smallest absolute Gasteiger partial charge is 0.228 e. The van der Waals surface area contributed by atoms with Crippen LogP contribution in [0.1, 0.15) is 43.7 Å². The Hall–Kier alpha value is -2.70. The van der Waals surface area contributed by atoms with E-state index in [4.69, 9.17) is 0 Å². The number of amides is 1. The molecule has 0 atom stereocenters. The van der Waals surface area contributed by atoms with Crippen LogP contribution >= 0.6 is 0 Å². The van der Waals surface area contributed by atoms with E-state index < -0.39 is 0 Å². The Kier molecular flexibility index (Phi) is 4.58. The number of pyridine rings is 1. The third kappa shape index (κ3) is 3.66. The third-order valence-electron chi connectivity index (χ3n) is 6.11. The van der Waals surface area contributed by atoms with Gasteiger partial charge in [0, 0.05) is 49.8 Å². The molecule has 1 amide bonds. The predicted octanol–water partition coefficient (Wildman–Crippen LogP) is 2.81. The quantitative estimate of drug-likeness (QED) is 0.862. The highest BCUT2D eigenvalue weighted by Gasteiger charge is 2.30. The molecule has 0 unspecified atom stereocenters. The van der Waals surface area contributed by atoms with Gasteiger partial charge in [-0.2, -0.15) is 0 Å². The van der Waals surface area contributed by atoms with Gasteiger partial charge in [0.05, 0.1) is 11.9 Å². The molecule has 0 spiro atoms. The van der Waals surface area contributed by atoms with E-state index in [0.717, 1.165) is 50.5 Å². The van der Waals surface area contributed by atoms with Gasteiger partial charge in [0.2, 0.25) is 5.91 Å². The SMILES string of the molecule is O=C(Nc1ccc(N2CCN(c3cc(C4CCC4)ncn3)CC2)cn1)C1CC1. The molecular formula is C21H26N6O. The Morgan fingerprint density at radius 2 is 1.75 bits per heavy atom. The van der Waals surface area contributed by atoms with E-state index in [9.17, 15) is 4.79 Å². The number of hydrogen-bond acceptors (Lipinski definition) is 6. The van der Waals surface area contributed by atoms with Crippen LogP contribution in [0, 0.1) is 5.92 Å². The molecule has 3 heterocycles. The minimum Gasteiger partial charge on any atom is -0.367 e. The van der Waals surface area contributed by atoms with Crippen LogP contribution in [0.15, 0.2) is 30.7 Å². The number of nitrogens with one attached hydrogen (secondary N) is 1. The van der Waals surface area contributed by atoms with Crippen molar-refractivity contribution in [1.29, 1.82) is 0 Å². The van der Waals surface area contributed by atoms with Crippen molar-refractivity contribution in [3.05, 3.63) is 36.4 Å². The summed E-state index contributed by atoms with van der Waals surface area (Å²) in [6.07, 6.45) is 9.42. The van der Waals surface area contributed by atoms with E-state index in [2.05, 4.69) is 36.1 Å². The minimum atomic E-state index is 0.0972. The van der Waals surface area contributed by atoms with Gasteiger partial charge in [0.1, 0.15) is 18.0 Å². The molecule has 28 heavy (non-hydrogen) atoms. The fraction of sp³-hybridized carbons (Fsp3) is 0.524. The first-order valence-corrected chi connectivity index (χ1v) is 10.3. The maximum absolute atomic E-state index is 11.8. The Morgan fingerprint density at radius 1 is 0.964 bits per heavy atom. The van der Waals surface area contributed by atoms with E-state index in [1.54, 1.807) is 6.33 Å². The largest absolute Gasteiger partial charge is 0.367 e. The van der Waals surface area contributed by atoms with Gasteiger partial charge < -0.3 is 15.1 Å². The van der Waals surface area contributed by atoms with Gasteiger partial charge in [0.15, 0.2) is 0 Å². The molecule has 0 radical (unpaired) electrons. The summed E-state index contributed by atoms with van der Waals surface area (Å²) in [5.74, 6) is 2.62. The van der Waals surface area contributed by atoms with E-state index in [1.165, 1.54) is 25.0 Å². The van der Waals surface area contributed by atoms with Crippen LogP contribution in [-0.2, 0) is 4.79 Å². The molecule has 1 saturated heterocycles. The number of nitrogens with zero attached hydrogens (tertiary/aromatic N) is 5. The lowest BCUT2D eigenvalue weighted by atomic mass is 9.83. The molecule has 5 rings (SSSR count). The fourth-order valence-corrected chi connectivity index (χ4v) is 3.88. The van der Waals surface area contributed by atoms with Gasteiger partial charge in [-0.15, -0.1) is 0 Å². The number of carbonyl (C=O) groups is 1. The fourth-order valence-electron chi connectivity index (χ4n) is 3.88. The van der Waals surface area contributed by atoms with Crippen molar-refractivity contribution in [3.63, 3.8) is 0 Å². The maximum Gasteiger partial charge on any atom is 0.228 e. The van der Waals surface area contributed by atoms with Crippen molar-refractivity contribution in [1.82, 2.24) is 15.0 Å². The Balaban J connectivity index is 1.18. The zero-order chi connectivity index (χ0) is 18.9. The molecule has 3 fully saturated rings. The average molecular weight is 378 g/mol. The topological polar surface area (TPSA) is 74.2 Å². The Labute approximate surface area is 165 Å². The molecule has 2 saturated carbocycles. The highest BCUT2D eigenvalue weighted by Crippen LogP contribution is 2.36. The highest BCUT2D eigenvalue weighted by molar-refractivity contribution is 5.93. The van der Waals surface area contributed by atoms with Gasteiger partial charge in [-0.25, -0.2) is 15.0 Å². The van der Waals surface area contributed by atoms with Crippen LogP contribution in [0.4, 0.5) is 17.3 Å². The van der Waals surface area contributed by atoms with Crippen LogP contribution in [0.5, 0.6) is 0 Å². The lowest BCUT2D eigenvalue weighted by Gasteiger charge is -2.37. The lowest BCUT2D eigenvalue weighted by molar-refractivity contribution is -0.117. The molecule has 0 bridgehead atoms. The number of rotatable bonds is 5. The monoisotopic (exact) mass is 378 g/mol. The molecule has 0 aromatic carbocycles. The first-order chi connectivity index (χ1) is 13.8. The summed E-state index contributed by atoms with van der Waals surface area (Å²) in [5.41, 5.74) is 2.30. The lowest BCUT2D eigenvalue weighted by Crippen LogP contribution is -2.47. The van der Waals surface area contributed by atoms with Crippen LogP contribution in [0.2, 0.25) is 0 Å². The van der Waals surface area contributed by atoms with Gasteiger partial charge >= 0.3 is 0 Å². The van der Waals surface area contributed by atoms with E-state index in [-0.39, 0.29) is 11.8 Å². The normalized spacial score (nSPS) is 20.0. The standard InChI is InChI=1S/C21H26N6O/c28-21(16-4-5-16)25-19-7-6-17(13-22-19)26-8-10-27(11-9-26)20-12-18(23-14-24-20)15-2-1-3-15/h6-7,12-16H,1-5,8-11H2,(H,22,25,28). The van der Waals surface area contributed by atoms with Crippen molar-refractivity contribution >= 4 is 23.2 Å². The third-order valence-corrected chi connectivity index (χ3v) is 6.11. The first kappa shape index (κ1) is 17.4. The van der Waals surface area contributed by atoms with Gasteiger partial charge in [-0.05, 0) is 37.8 Å². The van der Waals surface area contributed by atoms with Crippen molar-refractivity contribution in [3.8, 4) is 0 Å². The van der Waals surface area contributed by atoms with Crippen LogP contribution in [0.25, 0.3) is 0 Å². The summed E-state index contributed by atoms with van der Waals surface area (Å²) in [6, 6.07) is 6.13. The second-order valence-corrected chi connectivity index (χ2v) is 8.07. The molecule has 2 aromatic heterocycles. The van der Waals surface area contributed by atoms with E-state index in [0.29, 0.717) is 11.7 Å². The first-order valence-electron chi connectivity index (χ1n) is 10.3. The van der Waals surface area contributed by atoms with Gasteiger partial charge in [-0.1, -0.05) is 6.42 Å². The summed E-state index contributed by atoms with van der Waals surface area (Å²) < 4.78 is 0. The second kappa shape index (κ2) is 7.37. The Bertz CT molecular complexity index is 838. The zero-order valence-electron chi connectivity index (χ0n) is 16.0. The van der Waals surface area contributed by atoms with Crippen LogP contribution in [0.3, 0.4) is 0 Å².